The van der Waals surface area contributed by atoms with Crippen molar-refractivity contribution in [2.24, 2.45) is 0 Å². The van der Waals surface area contributed by atoms with Gasteiger partial charge < -0.3 is 15.1 Å². The fourth-order valence-electron chi connectivity index (χ4n) is 1.79. The minimum atomic E-state index is 0.670. The maximum Gasteiger partial charge on any atom is 0.0107 e. The van der Waals surface area contributed by atoms with Crippen LogP contribution in [0.2, 0.25) is 0 Å². The van der Waals surface area contributed by atoms with Gasteiger partial charge in [-0.15, -0.1) is 0 Å². The highest BCUT2D eigenvalue weighted by atomic mass is 15.2. The summed E-state index contributed by atoms with van der Waals surface area (Å²) in [4.78, 5) is 4.63. The van der Waals surface area contributed by atoms with Crippen molar-refractivity contribution in [1.29, 1.82) is 0 Å². The molecule has 0 aliphatic rings. The monoisotopic (exact) mass is 243 g/mol. The first-order valence-corrected chi connectivity index (χ1v) is 7.13. The van der Waals surface area contributed by atoms with Gasteiger partial charge in [0.25, 0.3) is 0 Å². The Balaban J connectivity index is 3.35. The lowest BCUT2D eigenvalue weighted by Gasteiger charge is -2.21. The third-order valence-corrected chi connectivity index (χ3v) is 3.16. The van der Waals surface area contributed by atoms with E-state index in [1.54, 1.807) is 0 Å². The third-order valence-electron chi connectivity index (χ3n) is 3.16. The lowest BCUT2D eigenvalue weighted by atomic mass is 10.1. The van der Waals surface area contributed by atoms with E-state index in [1.807, 2.05) is 0 Å². The van der Waals surface area contributed by atoms with E-state index in [2.05, 4.69) is 50.1 Å². The molecular formula is C14H33N3. The van der Waals surface area contributed by atoms with Crippen LogP contribution in [-0.4, -0.2) is 63.2 Å². The smallest absolute Gasteiger partial charge is 0.0107 e. The van der Waals surface area contributed by atoms with Gasteiger partial charge >= 0.3 is 0 Å². The van der Waals surface area contributed by atoms with E-state index in [-0.39, 0.29) is 0 Å². The molecule has 0 bridgehead atoms. The SMILES string of the molecule is CCCCCC(C)NCCN(C)CCN(C)C. The summed E-state index contributed by atoms with van der Waals surface area (Å²) in [6.45, 7) is 9.11. The molecule has 1 N–H and O–H groups in total. The highest BCUT2D eigenvalue weighted by Crippen LogP contribution is 2.02. The van der Waals surface area contributed by atoms with E-state index < -0.39 is 0 Å². The van der Waals surface area contributed by atoms with Crippen LogP contribution in [0.1, 0.15) is 39.5 Å². The topological polar surface area (TPSA) is 18.5 Å². The van der Waals surface area contributed by atoms with Crippen LogP contribution in [-0.2, 0) is 0 Å². The van der Waals surface area contributed by atoms with Gasteiger partial charge in [-0.3, -0.25) is 0 Å². The quantitative estimate of drug-likeness (QED) is 0.560. The van der Waals surface area contributed by atoms with E-state index in [9.17, 15) is 0 Å². The predicted molar refractivity (Wildman–Crippen MR) is 77.7 cm³/mol. The van der Waals surface area contributed by atoms with Crippen LogP contribution < -0.4 is 5.32 Å². The van der Waals surface area contributed by atoms with Gasteiger partial charge in [-0.05, 0) is 34.5 Å². The second-order valence-corrected chi connectivity index (χ2v) is 5.46. The summed E-state index contributed by atoms with van der Waals surface area (Å²) in [5.74, 6) is 0. The number of likely N-dealkylation sites (N-methyl/N-ethyl adjacent to an activating group) is 2. The number of nitrogens with zero attached hydrogens (tertiary/aromatic N) is 2. The fraction of sp³-hybridized carbons (Fsp3) is 1.00. The van der Waals surface area contributed by atoms with E-state index in [0.29, 0.717) is 6.04 Å². The van der Waals surface area contributed by atoms with Crippen molar-refractivity contribution in [3.8, 4) is 0 Å². The number of nitrogens with one attached hydrogen (secondary N) is 1. The van der Waals surface area contributed by atoms with Gasteiger partial charge in [0.1, 0.15) is 0 Å². The molecule has 3 heteroatoms. The molecule has 0 aromatic rings. The van der Waals surface area contributed by atoms with Crippen molar-refractivity contribution < 1.29 is 0 Å². The summed E-state index contributed by atoms with van der Waals surface area (Å²) in [7, 11) is 6.46. The molecule has 0 aliphatic heterocycles. The minimum absolute atomic E-state index is 0.670. The zero-order valence-electron chi connectivity index (χ0n) is 12.6. The van der Waals surface area contributed by atoms with Gasteiger partial charge in [0, 0.05) is 32.2 Å². The van der Waals surface area contributed by atoms with Gasteiger partial charge in [-0.2, -0.15) is 0 Å². The Morgan fingerprint density at radius 1 is 1.00 bits per heavy atom. The summed E-state index contributed by atoms with van der Waals surface area (Å²) in [6.07, 6.45) is 5.37. The molecule has 104 valence electrons. The average Bonchev–Trinajstić information content (AvgIpc) is 2.27. The third kappa shape index (κ3) is 12.1. The van der Waals surface area contributed by atoms with Crippen molar-refractivity contribution in [1.82, 2.24) is 15.1 Å². The lowest BCUT2D eigenvalue weighted by Crippen LogP contribution is -2.36. The molecule has 1 atom stereocenters. The van der Waals surface area contributed by atoms with Crippen LogP contribution in [0.5, 0.6) is 0 Å². The first-order valence-electron chi connectivity index (χ1n) is 7.13. The lowest BCUT2D eigenvalue weighted by molar-refractivity contribution is 0.277. The summed E-state index contributed by atoms with van der Waals surface area (Å²) < 4.78 is 0. The Morgan fingerprint density at radius 3 is 2.29 bits per heavy atom. The Bertz CT molecular complexity index is 160. The molecular weight excluding hydrogens is 210 g/mol. The summed E-state index contributed by atoms with van der Waals surface area (Å²) in [6, 6.07) is 0.670. The second-order valence-electron chi connectivity index (χ2n) is 5.46. The molecule has 17 heavy (non-hydrogen) atoms. The van der Waals surface area contributed by atoms with E-state index >= 15 is 0 Å². The van der Waals surface area contributed by atoms with Crippen LogP contribution >= 0.6 is 0 Å². The van der Waals surface area contributed by atoms with Gasteiger partial charge in [0.05, 0.1) is 0 Å². The molecule has 0 heterocycles. The average molecular weight is 243 g/mol. The molecule has 0 rings (SSSR count). The van der Waals surface area contributed by atoms with Crippen molar-refractivity contribution >= 4 is 0 Å². The van der Waals surface area contributed by atoms with Crippen LogP contribution in [0.15, 0.2) is 0 Å². The Hall–Kier alpha value is -0.120. The highest BCUT2D eigenvalue weighted by Gasteiger charge is 2.02. The van der Waals surface area contributed by atoms with Gasteiger partial charge in [0.2, 0.25) is 0 Å². The largest absolute Gasteiger partial charge is 0.313 e. The maximum absolute atomic E-state index is 3.60. The standard InChI is InChI=1S/C14H33N3/c1-6-7-8-9-14(2)15-10-11-17(5)13-12-16(3)4/h14-15H,6-13H2,1-5H3. The zero-order valence-corrected chi connectivity index (χ0v) is 12.6. The number of hydrogen-bond donors (Lipinski definition) is 1. The van der Waals surface area contributed by atoms with E-state index in [4.69, 9.17) is 0 Å². The molecule has 0 aliphatic carbocycles. The number of rotatable bonds is 11. The van der Waals surface area contributed by atoms with Crippen LogP contribution in [0, 0.1) is 0 Å². The van der Waals surface area contributed by atoms with Gasteiger partial charge in [0.15, 0.2) is 0 Å². The van der Waals surface area contributed by atoms with Crippen molar-refractivity contribution in [2.75, 3.05) is 47.3 Å². The molecule has 0 saturated carbocycles. The molecule has 0 radical (unpaired) electrons. The summed E-state index contributed by atoms with van der Waals surface area (Å²) in [5, 5.41) is 3.60. The predicted octanol–water partition coefficient (Wildman–Crippen LogP) is 2.04. The molecule has 0 fully saturated rings. The minimum Gasteiger partial charge on any atom is -0.313 e. The molecule has 1 unspecified atom stereocenters. The zero-order chi connectivity index (χ0) is 13.1. The second kappa shape index (κ2) is 11.0. The fourth-order valence-corrected chi connectivity index (χ4v) is 1.79. The van der Waals surface area contributed by atoms with Crippen LogP contribution in [0.4, 0.5) is 0 Å². The number of hydrogen-bond acceptors (Lipinski definition) is 3. The molecule has 0 aromatic heterocycles. The molecule has 3 nitrogen and oxygen atoms in total. The van der Waals surface area contributed by atoms with Crippen molar-refractivity contribution in [3.63, 3.8) is 0 Å². The number of unbranched alkanes of at least 4 members (excludes halogenated alkanes) is 2. The van der Waals surface area contributed by atoms with Crippen molar-refractivity contribution in [3.05, 3.63) is 0 Å². The Labute approximate surface area is 109 Å². The van der Waals surface area contributed by atoms with Crippen LogP contribution in [0.3, 0.4) is 0 Å². The van der Waals surface area contributed by atoms with E-state index in [0.717, 1.165) is 26.2 Å². The molecule has 0 aromatic carbocycles. The van der Waals surface area contributed by atoms with Crippen LogP contribution in [0.25, 0.3) is 0 Å². The molecule has 0 spiro atoms. The molecule has 0 saturated heterocycles. The maximum atomic E-state index is 3.60. The highest BCUT2D eigenvalue weighted by molar-refractivity contribution is 4.63. The first kappa shape index (κ1) is 16.9. The normalized spacial score (nSPS) is 13.6. The summed E-state index contributed by atoms with van der Waals surface area (Å²) in [5.41, 5.74) is 0. The Morgan fingerprint density at radius 2 is 1.71 bits per heavy atom. The Kier molecular flexibility index (Phi) is 10.9. The first-order chi connectivity index (χ1) is 8.06. The van der Waals surface area contributed by atoms with Gasteiger partial charge in [-0.1, -0.05) is 26.2 Å². The molecule has 0 amide bonds. The van der Waals surface area contributed by atoms with E-state index in [1.165, 1.54) is 25.7 Å². The summed E-state index contributed by atoms with van der Waals surface area (Å²) >= 11 is 0. The van der Waals surface area contributed by atoms with Crippen molar-refractivity contribution in [2.45, 2.75) is 45.6 Å². The van der Waals surface area contributed by atoms with Gasteiger partial charge in [-0.25, -0.2) is 0 Å².